The van der Waals surface area contributed by atoms with Crippen molar-refractivity contribution in [2.75, 3.05) is 5.32 Å². The minimum absolute atomic E-state index is 0.0584. The van der Waals surface area contributed by atoms with Crippen LogP contribution in [-0.4, -0.2) is 27.6 Å². The van der Waals surface area contributed by atoms with Gasteiger partial charge >= 0.3 is 0 Å². The smallest absolute Gasteiger partial charge is 0.251 e. The topological polar surface area (TPSA) is 76.0 Å². The Morgan fingerprint density at radius 2 is 2.00 bits per heavy atom. The van der Waals surface area contributed by atoms with E-state index >= 15 is 0 Å². The molecule has 0 bridgehead atoms. The number of benzene rings is 1. The predicted octanol–water partition coefficient (Wildman–Crippen LogP) is 3.25. The molecule has 0 aliphatic heterocycles. The quantitative estimate of drug-likeness (QED) is 0.701. The van der Waals surface area contributed by atoms with Gasteiger partial charge in [-0.15, -0.1) is 0 Å². The predicted molar refractivity (Wildman–Crippen MR) is 103 cm³/mol. The number of nitrogens with one attached hydrogen (secondary N) is 2. The van der Waals surface area contributed by atoms with Crippen LogP contribution in [0.1, 0.15) is 29.8 Å². The minimum atomic E-state index is -0.145. The molecule has 0 aliphatic carbocycles. The van der Waals surface area contributed by atoms with Crippen LogP contribution in [0.25, 0.3) is 5.69 Å². The molecule has 2 heterocycles. The molecule has 2 amide bonds. The molecular formula is C19H20N4O2S. The van der Waals surface area contributed by atoms with E-state index in [1.807, 2.05) is 24.4 Å². The van der Waals surface area contributed by atoms with E-state index in [1.54, 1.807) is 40.5 Å². The van der Waals surface area contributed by atoms with Gasteiger partial charge in [-0.2, -0.15) is 16.4 Å². The molecule has 6 nitrogen and oxygen atoms in total. The number of hydrogen-bond donors (Lipinski definition) is 2. The first-order valence-electron chi connectivity index (χ1n) is 8.26. The summed E-state index contributed by atoms with van der Waals surface area (Å²) in [6, 6.07) is 9.31. The Labute approximate surface area is 155 Å². The number of hydrogen-bond acceptors (Lipinski definition) is 4. The summed E-state index contributed by atoms with van der Waals surface area (Å²) in [5.41, 5.74) is 3.26. The standard InChI is InChI=1S/C19H20N4O2S/c1-13(9-15-7-8-26-12-15)21-19(25)16-3-5-18(6-4-16)23-11-17(10-20-23)22-14(2)24/h3-8,10-13H,9H2,1-2H3,(H,21,25)(H,22,24). The largest absolute Gasteiger partial charge is 0.349 e. The Kier molecular flexibility index (Phi) is 5.48. The van der Waals surface area contributed by atoms with E-state index < -0.39 is 0 Å². The summed E-state index contributed by atoms with van der Waals surface area (Å²) in [6.45, 7) is 3.45. The number of carbonyl (C=O) groups excluding carboxylic acids is 2. The molecule has 0 fully saturated rings. The number of thiophene rings is 1. The maximum atomic E-state index is 12.4. The van der Waals surface area contributed by atoms with Crippen LogP contribution in [0.2, 0.25) is 0 Å². The van der Waals surface area contributed by atoms with Crippen LogP contribution in [0, 0.1) is 0 Å². The van der Waals surface area contributed by atoms with Crippen molar-refractivity contribution in [1.29, 1.82) is 0 Å². The van der Waals surface area contributed by atoms with E-state index in [-0.39, 0.29) is 17.9 Å². The molecule has 26 heavy (non-hydrogen) atoms. The summed E-state index contributed by atoms with van der Waals surface area (Å²) < 4.78 is 1.64. The van der Waals surface area contributed by atoms with Gasteiger partial charge in [-0.1, -0.05) is 0 Å². The van der Waals surface area contributed by atoms with E-state index in [0.29, 0.717) is 11.3 Å². The number of carbonyl (C=O) groups is 2. The zero-order valence-corrected chi connectivity index (χ0v) is 15.4. The molecule has 0 radical (unpaired) electrons. The zero-order valence-electron chi connectivity index (χ0n) is 14.6. The van der Waals surface area contributed by atoms with Crippen molar-refractivity contribution in [2.45, 2.75) is 26.3 Å². The fourth-order valence-electron chi connectivity index (χ4n) is 2.62. The van der Waals surface area contributed by atoms with Crippen molar-refractivity contribution in [1.82, 2.24) is 15.1 Å². The molecule has 1 aromatic carbocycles. The van der Waals surface area contributed by atoms with Crippen molar-refractivity contribution in [2.24, 2.45) is 0 Å². The van der Waals surface area contributed by atoms with Crippen LogP contribution in [0.5, 0.6) is 0 Å². The molecule has 3 aromatic rings. The van der Waals surface area contributed by atoms with Crippen LogP contribution < -0.4 is 10.6 Å². The second kappa shape index (κ2) is 7.97. The van der Waals surface area contributed by atoms with E-state index in [2.05, 4.69) is 27.2 Å². The van der Waals surface area contributed by atoms with Gasteiger partial charge in [0, 0.05) is 18.5 Å². The van der Waals surface area contributed by atoms with Crippen molar-refractivity contribution in [3.05, 3.63) is 64.6 Å². The maximum absolute atomic E-state index is 12.4. The van der Waals surface area contributed by atoms with Gasteiger partial charge in [-0.3, -0.25) is 9.59 Å². The highest BCUT2D eigenvalue weighted by molar-refractivity contribution is 7.07. The Hall–Kier alpha value is -2.93. The number of anilines is 1. The minimum Gasteiger partial charge on any atom is -0.349 e. The molecule has 3 rings (SSSR count). The number of nitrogens with zero attached hydrogens (tertiary/aromatic N) is 2. The first kappa shape index (κ1) is 17.9. The van der Waals surface area contributed by atoms with Crippen LogP contribution >= 0.6 is 11.3 Å². The first-order valence-corrected chi connectivity index (χ1v) is 9.20. The number of rotatable bonds is 6. The van der Waals surface area contributed by atoms with Gasteiger partial charge in [0.25, 0.3) is 5.91 Å². The molecule has 1 atom stereocenters. The lowest BCUT2D eigenvalue weighted by molar-refractivity contribution is -0.114. The van der Waals surface area contributed by atoms with E-state index in [0.717, 1.165) is 12.1 Å². The van der Waals surface area contributed by atoms with E-state index in [9.17, 15) is 9.59 Å². The third kappa shape index (κ3) is 4.58. The molecule has 0 saturated heterocycles. The van der Waals surface area contributed by atoms with Crippen molar-refractivity contribution in [3.63, 3.8) is 0 Å². The first-order chi connectivity index (χ1) is 12.5. The van der Waals surface area contributed by atoms with Crippen molar-refractivity contribution in [3.8, 4) is 5.69 Å². The van der Waals surface area contributed by atoms with Gasteiger partial charge in [0.2, 0.25) is 5.91 Å². The number of amides is 2. The Balaban J connectivity index is 1.62. The van der Waals surface area contributed by atoms with Gasteiger partial charge in [-0.05, 0) is 60.0 Å². The summed E-state index contributed by atoms with van der Waals surface area (Å²) in [5.74, 6) is -0.244. The van der Waals surface area contributed by atoms with Crippen LogP contribution in [-0.2, 0) is 11.2 Å². The summed E-state index contributed by atoms with van der Waals surface area (Å²) in [7, 11) is 0. The molecule has 0 aliphatic rings. The fraction of sp³-hybridized carbons (Fsp3) is 0.211. The number of aromatic nitrogens is 2. The highest BCUT2D eigenvalue weighted by Crippen LogP contribution is 2.13. The maximum Gasteiger partial charge on any atom is 0.251 e. The molecule has 7 heteroatoms. The third-order valence-electron chi connectivity index (χ3n) is 3.80. The lowest BCUT2D eigenvalue weighted by Crippen LogP contribution is -2.33. The normalized spacial score (nSPS) is 11.8. The highest BCUT2D eigenvalue weighted by Gasteiger charge is 2.11. The SMILES string of the molecule is CC(=O)Nc1cnn(-c2ccc(C(=O)NC(C)Cc3ccsc3)cc2)c1. The average Bonchev–Trinajstić information content (AvgIpc) is 3.26. The fourth-order valence-corrected chi connectivity index (χ4v) is 3.30. The lowest BCUT2D eigenvalue weighted by atomic mass is 10.1. The van der Waals surface area contributed by atoms with Crippen LogP contribution in [0.3, 0.4) is 0 Å². The Bertz CT molecular complexity index is 885. The van der Waals surface area contributed by atoms with Gasteiger partial charge in [0.15, 0.2) is 0 Å². The monoisotopic (exact) mass is 368 g/mol. The average molecular weight is 368 g/mol. The summed E-state index contributed by atoms with van der Waals surface area (Å²) in [6.07, 6.45) is 4.11. The molecule has 2 N–H and O–H groups in total. The van der Waals surface area contributed by atoms with Gasteiger partial charge in [0.1, 0.15) is 0 Å². The Morgan fingerprint density at radius 3 is 2.65 bits per heavy atom. The molecule has 134 valence electrons. The van der Waals surface area contributed by atoms with Crippen LogP contribution in [0.4, 0.5) is 5.69 Å². The molecule has 1 unspecified atom stereocenters. The van der Waals surface area contributed by atoms with Gasteiger partial charge < -0.3 is 10.6 Å². The van der Waals surface area contributed by atoms with E-state index in [4.69, 9.17) is 0 Å². The molecular weight excluding hydrogens is 348 g/mol. The second-order valence-corrected chi connectivity index (χ2v) is 6.89. The van der Waals surface area contributed by atoms with Gasteiger partial charge in [-0.25, -0.2) is 4.68 Å². The zero-order chi connectivity index (χ0) is 18.5. The van der Waals surface area contributed by atoms with Crippen molar-refractivity contribution < 1.29 is 9.59 Å². The summed E-state index contributed by atoms with van der Waals surface area (Å²) in [4.78, 5) is 23.5. The summed E-state index contributed by atoms with van der Waals surface area (Å²) >= 11 is 1.66. The highest BCUT2D eigenvalue weighted by atomic mass is 32.1. The van der Waals surface area contributed by atoms with Crippen LogP contribution in [0.15, 0.2) is 53.5 Å². The van der Waals surface area contributed by atoms with Crippen molar-refractivity contribution >= 4 is 28.8 Å². The Morgan fingerprint density at radius 1 is 1.23 bits per heavy atom. The molecule has 0 spiro atoms. The van der Waals surface area contributed by atoms with E-state index in [1.165, 1.54) is 12.5 Å². The molecule has 2 aromatic heterocycles. The lowest BCUT2D eigenvalue weighted by Gasteiger charge is -2.13. The molecule has 0 saturated carbocycles. The second-order valence-electron chi connectivity index (χ2n) is 6.11. The third-order valence-corrected chi connectivity index (χ3v) is 4.53. The summed E-state index contributed by atoms with van der Waals surface area (Å²) in [5, 5.41) is 14.0. The van der Waals surface area contributed by atoms with Gasteiger partial charge in [0.05, 0.1) is 23.8 Å².